The van der Waals surface area contributed by atoms with Crippen molar-refractivity contribution in [3.05, 3.63) is 64.2 Å². The molecule has 2 aromatic carbocycles. The van der Waals surface area contributed by atoms with E-state index in [4.69, 9.17) is 9.47 Å². The molecule has 1 aliphatic heterocycles. The zero-order chi connectivity index (χ0) is 21.7. The molecule has 0 unspecified atom stereocenters. The monoisotopic (exact) mass is 410 g/mol. The number of carbonyl (C=O) groups is 3. The van der Waals surface area contributed by atoms with Crippen molar-refractivity contribution < 1.29 is 23.9 Å². The Morgan fingerprint density at radius 2 is 1.80 bits per heavy atom. The van der Waals surface area contributed by atoms with Crippen LogP contribution in [0.25, 0.3) is 0 Å². The molecule has 0 radical (unpaired) electrons. The Morgan fingerprint density at radius 1 is 1.03 bits per heavy atom. The molecule has 1 aliphatic rings. The summed E-state index contributed by atoms with van der Waals surface area (Å²) in [5.74, 6) is -0.206. The van der Waals surface area contributed by atoms with Gasteiger partial charge in [0.2, 0.25) is 0 Å². The molecule has 2 aromatic rings. The minimum atomic E-state index is -0.370. The van der Waals surface area contributed by atoms with E-state index in [2.05, 4.69) is 5.32 Å². The Balaban J connectivity index is 1.64. The van der Waals surface area contributed by atoms with Crippen LogP contribution in [0, 0.1) is 6.92 Å². The molecule has 7 nitrogen and oxygen atoms in total. The molecule has 158 valence electrons. The lowest BCUT2D eigenvalue weighted by Gasteiger charge is -2.12. The molecule has 0 fully saturated rings. The fourth-order valence-corrected chi connectivity index (χ4v) is 3.52. The van der Waals surface area contributed by atoms with Gasteiger partial charge in [0, 0.05) is 32.4 Å². The van der Waals surface area contributed by atoms with Crippen molar-refractivity contribution in [1.82, 2.24) is 10.2 Å². The molecule has 0 bridgehead atoms. The summed E-state index contributed by atoms with van der Waals surface area (Å²) in [6, 6.07) is 10.5. The molecular formula is C23H26N2O5. The van der Waals surface area contributed by atoms with Crippen LogP contribution in [-0.4, -0.2) is 56.5 Å². The second-order valence-electron chi connectivity index (χ2n) is 7.19. The van der Waals surface area contributed by atoms with Gasteiger partial charge in [-0.2, -0.15) is 0 Å². The molecule has 0 atom stereocenters. The lowest BCUT2D eigenvalue weighted by molar-refractivity contribution is 0.0638. The molecule has 0 aliphatic carbocycles. The highest BCUT2D eigenvalue weighted by molar-refractivity contribution is 6.22. The summed E-state index contributed by atoms with van der Waals surface area (Å²) < 4.78 is 10.3. The average Bonchev–Trinajstić information content (AvgIpc) is 2.98. The van der Waals surface area contributed by atoms with Crippen molar-refractivity contribution in [3.63, 3.8) is 0 Å². The van der Waals surface area contributed by atoms with Gasteiger partial charge in [-0.05, 0) is 49.6 Å². The Morgan fingerprint density at radius 3 is 2.53 bits per heavy atom. The molecule has 7 heteroatoms. The maximum atomic E-state index is 12.6. The molecule has 0 saturated carbocycles. The number of nitrogens with one attached hydrogen (secondary N) is 1. The van der Waals surface area contributed by atoms with Gasteiger partial charge in [-0.1, -0.05) is 17.7 Å². The van der Waals surface area contributed by atoms with Crippen molar-refractivity contribution in [3.8, 4) is 5.75 Å². The van der Waals surface area contributed by atoms with Gasteiger partial charge in [0.05, 0.1) is 18.2 Å². The highest BCUT2D eigenvalue weighted by Crippen LogP contribution is 2.24. The maximum absolute atomic E-state index is 12.6. The van der Waals surface area contributed by atoms with Crippen LogP contribution in [0.15, 0.2) is 36.4 Å². The second kappa shape index (κ2) is 9.54. The van der Waals surface area contributed by atoms with Crippen molar-refractivity contribution >= 4 is 17.7 Å². The Hall–Kier alpha value is -3.19. The lowest BCUT2D eigenvalue weighted by Crippen LogP contribution is -2.31. The minimum absolute atomic E-state index is 0.269. The fourth-order valence-electron chi connectivity index (χ4n) is 3.52. The van der Waals surface area contributed by atoms with Gasteiger partial charge in [-0.15, -0.1) is 0 Å². The van der Waals surface area contributed by atoms with Crippen molar-refractivity contribution in [1.29, 1.82) is 0 Å². The number of methoxy groups -OCH3 is 2. The number of fused-ring (bicyclic) bond motifs is 1. The van der Waals surface area contributed by atoms with Crippen molar-refractivity contribution in [2.24, 2.45) is 0 Å². The van der Waals surface area contributed by atoms with Gasteiger partial charge in [0.1, 0.15) is 5.75 Å². The summed E-state index contributed by atoms with van der Waals surface area (Å²) in [5, 5.41) is 2.87. The Bertz CT molecular complexity index is 970. The average molecular weight is 410 g/mol. The van der Waals surface area contributed by atoms with E-state index in [0.29, 0.717) is 43.7 Å². The first kappa shape index (κ1) is 21.5. The summed E-state index contributed by atoms with van der Waals surface area (Å²) in [5.41, 5.74) is 3.09. The molecule has 30 heavy (non-hydrogen) atoms. The highest BCUT2D eigenvalue weighted by atomic mass is 16.5. The molecule has 1 heterocycles. The molecule has 0 spiro atoms. The molecule has 3 amide bonds. The van der Waals surface area contributed by atoms with E-state index in [1.54, 1.807) is 26.4 Å². The highest BCUT2D eigenvalue weighted by Gasteiger charge is 2.35. The summed E-state index contributed by atoms with van der Waals surface area (Å²) >= 11 is 0. The number of benzene rings is 2. The van der Waals surface area contributed by atoms with E-state index >= 15 is 0 Å². The number of rotatable bonds is 9. The zero-order valence-corrected chi connectivity index (χ0v) is 17.5. The van der Waals surface area contributed by atoms with Gasteiger partial charge < -0.3 is 14.8 Å². The van der Waals surface area contributed by atoms with E-state index in [0.717, 1.165) is 16.9 Å². The maximum Gasteiger partial charge on any atom is 0.261 e. The number of imide groups is 1. The molecule has 1 N–H and O–H groups in total. The number of hydrogen-bond donors (Lipinski definition) is 1. The van der Waals surface area contributed by atoms with Crippen molar-refractivity contribution in [2.45, 2.75) is 19.8 Å². The van der Waals surface area contributed by atoms with Crippen LogP contribution in [0.5, 0.6) is 5.75 Å². The number of carbonyl (C=O) groups excluding carboxylic acids is 3. The molecular weight excluding hydrogens is 384 g/mol. The molecule has 3 rings (SSSR count). The van der Waals surface area contributed by atoms with E-state index in [1.165, 1.54) is 11.0 Å². The molecule has 0 saturated heterocycles. The van der Waals surface area contributed by atoms with E-state index < -0.39 is 0 Å². The number of nitrogens with zero attached hydrogens (tertiary/aromatic N) is 1. The van der Waals surface area contributed by atoms with Gasteiger partial charge in [-0.25, -0.2) is 0 Å². The van der Waals surface area contributed by atoms with Crippen LogP contribution >= 0.6 is 0 Å². The van der Waals surface area contributed by atoms with Crippen LogP contribution in [0.3, 0.4) is 0 Å². The number of ether oxygens (including phenoxy) is 2. The topological polar surface area (TPSA) is 84.9 Å². The standard InChI is InChI=1S/C23H26N2O5/c1-15-5-8-20(30-3)16(13-15)9-10-24-21(26)17-6-7-18-19(14-17)23(28)25(22(18)27)11-4-12-29-2/h5-8,13-14H,4,9-12H2,1-3H3,(H,24,26). The summed E-state index contributed by atoms with van der Waals surface area (Å²) in [4.78, 5) is 38.8. The predicted molar refractivity (Wildman–Crippen MR) is 112 cm³/mol. The summed E-state index contributed by atoms with van der Waals surface area (Å²) in [7, 11) is 3.19. The fraction of sp³-hybridized carbons (Fsp3) is 0.348. The van der Waals surface area contributed by atoms with Crippen LogP contribution in [0.1, 0.15) is 48.6 Å². The van der Waals surface area contributed by atoms with Crippen LogP contribution in [-0.2, 0) is 11.2 Å². The number of hydrogen-bond acceptors (Lipinski definition) is 5. The number of aryl methyl sites for hydroxylation is 1. The van der Waals surface area contributed by atoms with Gasteiger partial charge in [0.15, 0.2) is 0 Å². The predicted octanol–water partition coefficient (Wildman–Crippen LogP) is 2.61. The Labute approximate surface area is 176 Å². The third kappa shape index (κ3) is 4.52. The van der Waals surface area contributed by atoms with E-state index in [-0.39, 0.29) is 23.3 Å². The first-order valence-electron chi connectivity index (χ1n) is 9.87. The normalized spacial score (nSPS) is 12.8. The largest absolute Gasteiger partial charge is 0.496 e. The Kier molecular flexibility index (Phi) is 6.84. The first-order valence-corrected chi connectivity index (χ1v) is 9.87. The third-order valence-electron chi connectivity index (χ3n) is 5.08. The van der Waals surface area contributed by atoms with Crippen LogP contribution < -0.4 is 10.1 Å². The third-order valence-corrected chi connectivity index (χ3v) is 5.08. The van der Waals surface area contributed by atoms with Crippen LogP contribution in [0.4, 0.5) is 0 Å². The van der Waals surface area contributed by atoms with Gasteiger partial charge in [-0.3, -0.25) is 19.3 Å². The van der Waals surface area contributed by atoms with Crippen molar-refractivity contribution in [2.75, 3.05) is 33.9 Å². The summed E-state index contributed by atoms with van der Waals surface area (Å²) in [6.45, 7) is 3.18. The van der Waals surface area contributed by atoms with Gasteiger partial charge >= 0.3 is 0 Å². The summed E-state index contributed by atoms with van der Waals surface area (Å²) in [6.07, 6.45) is 1.18. The first-order chi connectivity index (χ1) is 14.5. The quantitative estimate of drug-likeness (QED) is 0.507. The van der Waals surface area contributed by atoms with E-state index in [1.807, 2.05) is 25.1 Å². The minimum Gasteiger partial charge on any atom is -0.496 e. The molecule has 0 aromatic heterocycles. The van der Waals surface area contributed by atoms with Gasteiger partial charge in [0.25, 0.3) is 17.7 Å². The van der Waals surface area contributed by atoms with E-state index in [9.17, 15) is 14.4 Å². The lowest BCUT2D eigenvalue weighted by atomic mass is 10.0. The SMILES string of the molecule is COCCCN1C(=O)c2ccc(C(=O)NCCc3cc(C)ccc3OC)cc2C1=O. The zero-order valence-electron chi connectivity index (χ0n) is 17.5. The second-order valence-corrected chi connectivity index (χ2v) is 7.19. The number of amides is 3. The van der Waals surface area contributed by atoms with Crippen LogP contribution in [0.2, 0.25) is 0 Å². The smallest absolute Gasteiger partial charge is 0.261 e.